The maximum absolute atomic E-state index is 5.34. The molecule has 0 rings (SSSR count). The average molecular weight is 331 g/mol. The highest BCUT2D eigenvalue weighted by molar-refractivity contribution is 9.15. The summed E-state index contributed by atoms with van der Waals surface area (Å²) in [6, 6.07) is 0. The first-order valence-electron chi connectivity index (χ1n) is 5.55. The summed E-state index contributed by atoms with van der Waals surface area (Å²) in [5, 5.41) is 0. The summed E-state index contributed by atoms with van der Waals surface area (Å²) in [7, 11) is 4.32. The molecule has 0 fully saturated rings. The van der Waals surface area contributed by atoms with Crippen LogP contribution in [0.2, 0.25) is 0 Å². The summed E-state index contributed by atoms with van der Waals surface area (Å²) in [5.41, 5.74) is 0. The third-order valence-electron chi connectivity index (χ3n) is 1.64. The van der Waals surface area contributed by atoms with Crippen molar-refractivity contribution in [1.29, 1.82) is 0 Å². The first-order chi connectivity index (χ1) is 8.20. The van der Waals surface area contributed by atoms with Gasteiger partial charge in [0.1, 0.15) is 0 Å². The Morgan fingerprint density at radius 3 is 1.65 bits per heavy atom. The van der Waals surface area contributed by atoms with Crippen molar-refractivity contribution in [2.75, 3.05) is 13.2 Å². The predicted octanol–water partition coefficient (Wildman–Crippen LogP) is 5.22. The molecule has 0 spiro atoms. The lowest BCUT2D eigenvalue weighted by atomic mass is 10.4. The highest BCUT2D eigenvalue weighted by Crippen LogP contribution is 2.37. The smallest absolute Gasteiger partial charge is 0.231 e. The van der Waals surface area contributed by atoms with Crippen LogP contribution < -0.4 is 0 Å². The minimum atomic E-state index is 0.562. The molecule has 0 heterocycles. The van der Waals surface area contributed by atoms with E-state index in [1.165, 1.54) is 31.4 Å². The lowest BCUT2D eigenvalue weighted by Crippen LogP contribution is -1.98. The van der Waals surface area contributed by atoms with Crippen LogP contribution in [0.3, 0.4) is 0 Å². The molecule has 0 aliphatic carbocycles. The van der Waals surface area contributed by atoms with Crippen LogP contribution in [0.5, 0.6) is 0 Å². The Kier molecular flexibility index (Phi) is 13.9. The van der Waals surface area contributed by atoms with Crippen molar-refractivity contribution in [3.05, 3.63) is 0 Å². The maximum Gasteiger partial charge on any atom is 0.231 e. The van der Waals surface area contributed by atoms with Crippen molar-refractivity contribution in [3.8, 4) is 0 Å². The van der Waals surface area contributed by atoms with Gasteiger partial charge in [0.05, 0.1) is 13.2 Å². The molecule has 0 radical (unpaired) electrons. The Balaban J connectivity index is 3.36. The third kappa shape index (κ3) is 13.1. The van der Waals surface area contributed by atoms with Gasteiger partial charge < -0.3 is 9.47 Å². The summed E-state index contributed by atoms with van der Waals surface area (Å²) < 4.78 is 11.8. The highest BCUT2D eigenvalue weighted by atomic mass is 33.5. The lowest BCUT2D eigenvalue weighted by molar-refractivity contribution is 0.313. The van der Waals surface area contributed by atoms with Crippen molar-refractivity contribution in [2.45, 2.75) is 39.5 Å². The van der Waals surface area contributed by atoms with E-state index in [1.54, 1.807) is 0 Å². The lowest BCUT2D eigenvalue weighted by Gasteiger charge is -2.06. The van der Waals surface area contributed by atoms with Gasteiger partial charge >= 0.3 is 0 Å². The van der Waals surface area contributed by atoms with Gasteiger partial charge in [-0.3, -0.25) is 0 Å². The number of hydrogen-bond donors (Lipinski definition) is 0. The van der Waals surface area contributed by atoms with Crippen LogP contribution in [-0.2, 0) is 9.47 Å². The van der Waals surface area contributed by atoms with Gasteiger partial charge in [-0.15, -0.1) is 0 Å². The topological polar surface area (TPSA) is 18.5 Å². The predicted molar refractivity (Wildman–Crippen MR) is 89.7 cm³/mol. The summed E-state index contributed by atoms with van der Waals surface area (Å²) in [6.07, 6.45) is 4.31. The molecular formula is C10H18O2S5. The molecule has 2 nitrogen and oxygen atoms in total. The van der Waals surface area contributed by atoms with Crippen LogP contribution in [0.1, 0.15) is 39.5 Å². The number of hydrogen-bond acceptors (Lipinski definition) is 7. The number of rotatable bonds is 8. The summed E-state index contributed by atoms with van der Waals surface area (Å²) in [6.45, 7) is 5.64. The van der Waals surface area contributed by atoms with E-state index in [0.29, 0.717) is 22.0 Å². The fourth-order valence-electron chi connectivity index (χ4n) is 0.720. The van der Waals surface area contributed by atoms with Gasteiger partial charge in [0.15, 0.2) is 0 Å². The van der Waals surface area contributed by atoms with Crippen LogP contribution in [-0.4, -0.2) is 22.0 Å². The van der Waals surface area contributed by atoms with Gasteiger partial charge in [-0.2, -0.15) is 0 Å². The van der Waals surface area contributed by atoms with E-state index in [-0.39, 0.29) is 0 Å². The first kappa shape index (κ1) is 17.8. The van der Waals surface area contributed by atoms with Crippen molar-refractivity contribution in [1.82, 2.24) is 0 Å². The molecule has 0 atom stereocenters. The van der Waals surface area contributed by atoms with Crippen molar-refractivity contribution in [3.63, 3.8) is 0 Å². The fourth-order valence-corrected chi connectivity index (χ4v) is 4.83. The van der Waals surface area contributed by atoms with Gasteiger partial charge in [0.2, 0.25) is 8.77 Å². The highest BCUT2D eigenvalue weighted by Gasteiger charge is 2.04. The Bertz CT molecular complexity index is 201. The molecule has 0 aromatic heterocycles. The average Bonchev–Trinajstić information content (AvgIpc) is 2.30. The molecule has 0 aliphatic rings. The largest absolute Gasteiger partial charge is 0.478 e. The molecule has 0 amide bonds. The maximum atomic E-state index is 5.34. The minimum absolute atomic E-state index is 0.562. The normalized spacial score (nSPS) is 10.0. The van der Waals surface area contributed by atoms with Gasteiger partial charge in [-0.25, -0.2) is 0 Å². The molecule has 0 saturated heterocycles. The molecule has 0 saturated carbocycles. The molecule has 0 bridgehead atoms. The zero-order chi connectivity index (χ0) is 12.9. The van der Waals surface area contributed by atoms with E-state index in [2.05, 4.69) is 13.8 Å². The quantitative estimate of drug-likeness (QED) is 0.340. The Morgan fingerprint density at radius 2 is 1.29 bits per heavy atom. The number of unbranched alkanes of at least 4 members (excludes halogenated alkanes) is 2. The molecular weight excluding hydrogens is 312 g/mol. The third-order valence-corrected chi connectivity index (χ3v) is 6.19. The molecule has 7 heteroatoms. The fraction of sp³-hybridized carbons (Fsp3) is 0.800. The molecule has 17 heavy (non-hydrogen) atoms. The minimum Gasteiger partial charge on any atom is -0.478 e. The van der Waals surface area contributed by atoms with Crippen LogP contribution in [0.15, 0.2) is 0 Å². The second kappa shape index (κ2) is 13.3. The van der Waals surface area contributed by atoms with E-state index >= 15 is 0 Å². The summed E-state index contributed by atoms with van der Waals surface area (Å²) in [4.78, 5) is 0. The van der Waals surface area contributed by atoms with Gasteiger partial charge in [0.25, 0.3) is 0 Å². The van der Waals surface area contributed by atoms with E-state index in [1.807, 2.05) is 0 Å². The molecule has 0 aromatic carbocycles. The Hall–Kier alpha value is 0.830. The number of thiocarbonyl (C=S) groups is 2. The molecule has 0 N–H and O–H groups in total. The first-order valence-corrected chi connectivity index (χ1v) is 9.85. The van der Waals surface area contributed by atoms with Crippen LogP contribution in [0.25, 0.3) is 0 Å². The zero-order valence-corrected chi connectivity index (χ0v) is 14.2. The van der Waals surface area contributed by atoms with Crippen LogP contribution in [0, 0.1) is 0 Å². The SMILES string of the molecule is CCCCOC(=S)SSSC(=S)OCCCC. The Morgan fingerprint density at radius 1 is 0.882 bits per heavy atom. The zero-order valence-electron chi connectivity index (χ0n) is 10.1. The number of ether oxygens (including phenoxy) is 2. The summed E-state index contributed by atoms with van der Waals surface area (Å²) in [5.74, 6) is 0. The molecule has 0 unspecified atom stereocenters. The Labute approximate surface area is 126 Å². The second-order valence-corrected chi connectivity index (χ2v) is 8.24. The van der Waals surface area contributed by atoms with Crippen LogP contribution >= 0.6 is 55.8 Å². The van der Waals surface area contributed by atoms with E-state index in [4.69, 9.17) is 33.9 Å². The van der Waals surface area contributed by atoms with Crippen LogP contribution in [0.4, 0.5) is 0 Å². The van der Waals surface area contributed by atoms with E-state index in [9.17, 15) is 0 Å². The van der Waals surface area contributed by atoms with E-state index in [0.717, 1.165) is 25.7 Å². The van der Waals surface area contributed by atoms with Crippen molar-refractivity contribution in [2.24, 2.45) is 0 Å². The van der Waals surface area contributed by atoms with Gasteiger partial charge in [-0.05, 0) is 47.1 Å². The van der Waals surface area contributed by atoms with Crippen molar-refractivity contribution >= 4 is 64.6 Å². The summed E-state index contributed by atoms with van der Waals surface area (Å²) >= 11 is 10.1. The monoisotopic (exact) mass is 330 g/mol. The van der Waals surface area contributed by atoms with Gasteiger partial charge in [0, 0.05) is 21.6 Å². The second-order valence-electron chi connectivity index (χ2n) is 3.14. The standard InChI is InChI=1S/C10H18O2S5/c1-3-5-7-11-9(13)15-17-16-10(14)12-8-6-4-2/h3-8H2,1-2H3. The van der Waals surface area contributed by atoms with E-state index < -0.39 is 0 Å². The molecule has 100 valence electrons. The van der Waals surface area contributed by atoms with Gasteiger partial charge in [-0.1, -0.05) is 26.7 Å². The molecule has 0 aliphatic heterocycles. The van der Waals surface area contributed by atoms with Crippen molar-refractivity contribution < 1.29 is 9.47 Å². The molecule has 0 aromatic rings.